The summed E-state index contributed by atoms with van der Waals surface area (Å²) in [6.45, 7) is 4.27. The van der Waals surface area contributed by atoms with Crippen molar-refractivity contribution in [3.05, 3.63) is 100 Å². The van der Waals surface area contributed by atoms with Crippen LogP contribution in [0.1, 0.15) is 53.6 Å². The maximum absolute atomic E-state index is 12.9. The molecule has 4 rings (SSSR count). The van der Waals surface area contributed by atoms with Crippen LogP contribution in [-0.4, -0.2) is 21.8 Å². The summed E-state index contributed by atoms with van der Waals surface area (Å²) in [5.41, 5.74) is 3.34. The van der Waals surface area contributed by atoms with E-state index in [1.807, 2.05) is 30.3 Å². The Morgan fingerprint density at radius 1 is 1.00 bits per heavy atom. The third-order valence-corrected chi connectivity index (χ3v) is 5.64. The second-order valence-corrected chi connectivity index (χ2v) is 8.66. The molecule has 0 aliphatic rings. The number of nitrogens with one attached hydrogen (secondary N) is 1. The molecule has 1 N–H and O–H groups in total. The number of ketones is 1. The van der Waals surface area contributed by atoms with Gasteiger partial charge in [-0.05, 0) is 29.7 Å². The van der Waals surface area contributed by atoms with Gasteiger partial charge in [0.05, 0.1) is 5.69 Å². The van der Waals surface area contributed by atoms with Crippen molar-refractivity contribution < 1.29 is 14.1 Å². The van der Waals surface area contributed by atoms with Gasteiger partial charge in [0.1, 0.15) is 0 Å². The Kier molecular flexibility index (Phi) is 7.18. The number of halogens is 1. The molecular weight excluding hydrogens is 450 g/mol. The van der Waals surface area contributed by atoms with E-state index in [1.165, 1.54) is 5.56 Å². The lowest BCUT2D eigenvalue weighted by Gasteiger charge is -2.11. The van der Waals surface area contributed by atoms with E-state index in [0.29, 0.717) is 39.5 Å². The van der Waals surface area contributed by atoms with Crippen molar-refractivity contribution in [1.29, 1.82) is 0 Å². The SMILES string of the molecule is CC(C)c1ccc(-c2noc(CCC(=O)Nc3ccc(Cl)cc3C(=O)c3ccccc3)n2)cc1. The average Bonchev–Trinajstić information content (AvgIpc) is 3.33. The molecular formula is C27H24ClN3O3. The number of hydrogen-bond donors (Lipinski definition) is 1. The molecule has 0 saturated carbocycles. The van der Waals surface area contributed by atoms with Crippen molar-refractivity contribution in [1.82, 2.24) is 10.1 Å². The topological polar surface area (TPSA) is 85.1 Å². The first-order valence-electron chi connectivity index (χ1n) is 11.0. The highest BCUT2D eigenvalue weighted by Crippen LogP contribution is 2.24. The summed E-state index contributed by atoms with van der Waals surface area (Å²) < 4.78 is 5.32. The number of rotatable bonds is 8. The van der Waals surface area contributed by atoms with Crippen LogP contribution in [0.15, 0.2) is 77.3 Å². The molecule has 0 fully saturated rings. The third-order valence-electron chi connectivity index (χ3n) is 5.41. The van der Waals surface area contributed by atoms with Crippen LogP contribution in [0.5, 0.6) is 0 Å². The Labute approximate surface area is 203 Å². The Balaban J connectivity index is 1.41. The van der Waals surface area contributed by atoms with E-state index in [-0.39, 0.29) is 24.5 Å². The van der Waals surface area contributed by atoms with E-state index in [4.69, 9.17) is 16.1 Å². The lowest BCUT2D eigenvalue weighted by atomic mass is 10.0. The predicted octanol–water partition coefficient (Wildman–Crippen LogP) is 6.32. The van der Waals surface area contributed by atoms with E-state index < -0.39 is 0 Å². The highest BCUT2D eigenvalue weighted by Gasteiger charge is 2.17. The standard InChI is InChI=1S/C27H24ClN3O3/c1-17(2)18-8-10-20(11-9-18)27-30-25(34-31-27)15-14-24(32)29-23-13-12-21(28)16-22(23)26(33)19-6-4-3-5-7-19/h3-13,16-17H,14-15H2,1-2H3,(H,29,32). The molecule has 0 spiro atoms. The number of aromatic nitrogens is 2. The molecule has 0 unspecified atom stereocenters. The van der Waals surface area contributed by atoms with Crippen LogP contribution < -0.4 is 5.32 Å². The number of benzene rings is 3. The van der Waals surface area contributed by atoms with Crippen LogP contribution in [0, 0.1) is 0 Å². The second kappa shape index (κ2) is 10.4. The quantitative estimate of drug-likeness (QED) is 0.303. The van der Waals surface area contributed by atoms with E-state index in [9.17, 15) is 9.59 Å². The zero-order valence-corrected chi connectivity index (χ0v) is 19.7. The summed E-state index contributed by atoms with van der Waals surface area (Å²) >= 11 is 6.11. The summed E-state index contributed by atoms with van der Waals surface area (Å²) in [5, 5.41) is 7.25. The van der Waals surface area contributed by atoms with Gasteiger partial charge in [-0.2, -0.15) is 4.98 Å². The van der Waals surface area contributed by atoms with Crippen molar-refractivity contribution in [3.63, 3.8) is 0 Å². The van der Waals surface area contributed by atoms with Crippen LogP contribution in [0.2, 0.25) is 5.02 Å². The van der Waals surface area contributed by atoms with Gasteiger partial charge in [-0.1, -0.05) is 85.2 Å². The fourth-order valence-corrected chi connectivity index (χ4v) is 3.65. The molecule has 1 amide bonds. The number of aryl methyl sites for hydroxylation is 1. The molecule has 4 aromatic rings. The second-order valence-electron chi connectivity index (χ2n) is 8.22. The van der Waals surface area contributed by atoms with Gasteiger partial charge in [0.25, 0.3) is 0 Å². The van der Waals surface area contributed by atoms with E-state index in [1.54, 1.807) is 42.5 Å². The van der Waals surface area contributed by atoms with Gasteiger partial charge >= 0.3 is 0 Å². The normalized spacial score (nSPS) is 10.9. The maximum atomic E-state index is 12.9. The first-order chi connectivity index (χ1) is 16.4. The number of nitrogens with zero attached hydrogens (tertiary/aromatic N) is 2. The van der Waals surface area contributed by atoms with Crippen LogP contribution in [0.3, 0.4) is 0 Å². The van der Waals surface area contributed by atoms with Crippen LogP contribution in [0.4, 0.5) is 5.69 Å². The van der Waals surface area contributed by atoms with Crippen molar-refractivity contribution in [2.75, 3.05) is 5.32 Å². The fourth-order valence-electron chi connectivity index (χ4n) is 3.48. The predicted molar refractivity (Wildman–Crippen MR) is 132 cm³/mol. The molecule has 3 aromatic carbocycles. The van der Waals surface area contributed by atoms with Gasteiger partial charge < -0.3 is 9.84 Å². The molecule has 0 bridgehead atoms. The molecule has 6 nitrogen and oxygen atoms in total. The first kappa shape index (κ1) is 23.4. The molecule has 34 heavy (non-hydrogen) atoms. The number of amides is 1. The van der Waals surface area contributed by atoms with Crippen LogP contribution in [-0.2, 0) is 11.2 Å². The van der Waals surface area contributed by atoms with Crippen molar-refractivity contribution in [2.24, 2.45) is 0 Å². The van der Waals surface area contributed by atoms with Crippen LogP contribution >= 0.6 is 11.6 Å². The molecule has 7 heteroatoms. The Hall–Kier alpha value is -3.77. The Morgan fingerprint density at radius 3 is 2.44 bits per heavy atom. The Morgan fingerprint density at radius 2 is 1.74 bits per heavy atom. The lowest BCUT2D eigenvalue weighted by molar-refractivity contribution is -0.116. The first-order valence-corrected chi connectivity index (χ1v) is 11.4. The monoisotopic (exact) mass is 473 g/mol. The highest BCUT2D eigenvalue weighted by molar-refractivity contribution is 6.31. The summed E-state index contributed by atoms with van der Waals surface area (Å²) in [6, 6.07) is 21.7. The molecule has 0 aliphatic carbocycles. The summed E-state index contributed by atoms with van der Waals surface area (Å²) in [6.07, 6.45) is 0.397. The van der Waals surface area contributed by atoms with Gasteiger partial charge in [-0.3, -0.25) is 9.59 Å². The van der Waals surface area contributed by atoms with Crippen molar-refractivity contribution in [2.45, 2.75) is 32.6 Å². The zero-order valence-electron chi connectivity index (χ0n) is 18.9. The fraction of sp³-hybridized carbons (Fsp3) is 0.185. The van der Waals surface area contributed by atoms with Gasteiger partial charge in [0, 0.05) is 34.6 Å². The van der Waals surface area contributed by atoms with Gasteiger partial charge in [-0.15, -0.1) is 0 Å². The number of carbonyl (C=O) groups excluding carboxylic acids is 2. The summed E-state index contributed by atoms with van der Waals surface area (Å²) in [7, 11) is 0. The lowest BCUT2D eigenvalue weighted by Crippen LogP contribution is -2.15. The maximum Gasteiger partial charge on any atom is 0.227 e. The van der Waals surface area contributed by atoms with Gasteiger partial charge in [-0.25, -0.2) is 0 Å². The smallest absolute Gasteiger partial charge is 0.227 e. The average molecular weight is 474 g/mol. The van der Waals surface area contributed by atoms with E-state index >= 15 is 0 Å². The zero-order chi connectivity index (χ0) is 24.1. The summed E-state index contributed by atoms with van der Waals surface area (Å²) in [4.78, 5) is 29.9. The summed E-state index contributed by atoms with van der Waals surface area (Å²) in [5.74, 6) is 0.806. The molecule has 1 aromatic heterocycles. The van der Waals surface area contributed by atoms with E-state index in [0.717, 1.165) is 5.56 Å². The minimum atomic E-state index is -0.273. The number of hydrogen-bond acceptors (Lipinski definition) is 5. The molecule has 1 heterocycles. The molecule has 172 valence electrons. The minimum absolute atomic E-state index is 0.121. The Bertz CT molecular complexity index is 1300. The van der Waals surface area contributed by atoms with Crippen molar-refractivity contribution >= 4 is 29.0 Å². The van der Waals surface area contributed by atoms with Crippen LogP contribution in [0.25, 0.3) is 11.4 Å². The number of carbonyl (C=O) groups is 2. The largest absolute Gasteiger partial charge is 0.339 e. The number of anilines is 1. The van der Waals surface area contributed by atoms with Gasteiger partial charge in [0.2, 0.25) is 17.6 Å². The molecule has 0 radical (unpaired) electrons. The molecule has 0 atom stereocenters. The molecule has 0 aliphatic heterocycles. The minimum Gasteiger partial charge on any atom is -0.339 e. The highest BCUT2D eigenvalue weighted by atomic mass is 35.5. The molecule has 0 saturated heterocycles. The van der Waals surface area contributed by atoms with Gasteiger partial charge in [0.15, 0.2) is 5.78 Å². The van der Waals surface area contributed by atoms with E-state index in [2.05, 4.69) is 29.3 Å². The van der Waals surface area contributed by atoms with Crippen molar-refractivity contribution in [3.8, 4) is 11.4 Å². The third kappa shape index (κ3) is 5.58.